The number of aromatic nitrogens is 4. The summed E-state index contributed by atoms with van der Waals surface area (Å²) in [6.07, 6.45) is 5.79. The molecule has 0 radical (unpaired) electrons. The van der Waals surface area contributed by atoms with Crippen LogP contribution < -0.4 is 0 Å². The summed E-state index contributed by atoms with van der Waals surface area (Å²) in [5, 5.41) is 17.2. The highest BCUT2D eigenvalue weighted by atomic mass is 32.1. The van der Waals surface area contributed by atoms with Gasteiger partial charge in [0.25, 0.3) is 0 Å². The molecule has 0 spiro atoms. The molecule has 4 nitrogen and oxygen atoms in total. The van der Waals surface area contributed by atoms with Gasteiger partial charge < -0.3 is 0 Å². The number of hydrogen-bond acceptors (Lipinski definition) is 3. The number of nitrogens with zero attached hydrogens (tertiary/aromatic N) is 2. The molecule has 0 fully saturated rings. The minimum Gasteiger partial charge on any atom is -0.285 e. The quantitative estimate of drug-likeness (QED) is 0.587. The third-order valence-corrected chi connectivity index (χ3v) is 6.31. The van der Waals surface area contributed by atoms with E-state index >= 15 is 0 Å². The Morgan fingerprint density at radius 3 is 2.26 bits per heavy atom. The fourth-order valence-electron chi connectivity index (χ4n) is 3.39. The summed E-state index contributed by atoms with van der Waals surface area (Å²) in [5.74, 6) is 0. The van der Waals surface area contributed by atoms with Crippen LogP contribution in [0.15, 0.2) is 29.9 Å². The molecule has 0 saturated heterocycles. The molecule has 3 aromatic rings. The average molecular weight is 385 g/mol. The van der Waals surface area contributed by atoms with Gasteiger partial charge in [0.1, 0.15) is 0 Å². The first-order valence-corrected chi connectivity index (χ1v) is 10.5. The summed E-state index contributed by atoms with van der Waals surface area (Å²) >= 11 is 1.86. The number of nitrogens with one attached hydrogen (secondary N) is 2. The first-order chi connectivity index (χ1) is 12.5. The largest absolute Gasteiger partial charge is 0.285 e. The molecule has 0 aliphatic heterocycles. The third-order valence-electron chi connectivity index (χ3n) is 5.37. The van der Waals surface area contributed by atoms with Crippen molar-refractivity contribution in [3.63, 3.8) is 0 Å². The van der Waals surface area contributed by atoms with Crippen LogP contribution in [0.4, 0.5) is 0 Å². The molecule has 0 aliphatic rings. The van der Waals surface area contributed by atoms with Crippen molar-refractivity contribution in [2.75, 3.05) is 0 Å². The Balaban J connectivity index is 1.73. The highest BCUT2D eigenvalue weighted by molar-refractivity contribution is 7.10. The maximum atomic E-state index is 4.66. The molecule has 3 rings (SSSR count). The van der Waals surface area contributed by atoms with Gasteiger partial charge in [0.05, 0.1) is 11.9 Å². The van der Waals surface area contributed by atoms with E-state index in [0.29, 0.717) is 0 Å². The molecule has 0 aromatic carbocycles. The molecular formula is C22H32N4S. The fraction of sp³-hybridized carbons (Fsp3) is 0.545. The van der Waals surface area contributed by atoms with Crippen LogP contribution in [0.3, 0.4) is 0 Å². The summed E-state index contributed by atoms with van der Waals surface area (Å²) < 4.78 is 0. The molecule has 2 N–H and O–H groups in total. The third kappa shape index (κ3) is 4.52. The molecule has 146 valence electrons. The normalized spacial score (nSPS) is 13.3. The van der Waals surface area contributed by atoms with Gasteiger partial charge in [0.2, 0.25) is 0 Å². The number of H-pyrrole nitrogens is 2. The molecule has 0 atom stereocenters. The van der Waals surface area contributed by atoms with Crippen molar-refractivity contribution >= 4 is 11.3 Å². The molecule has 3 heterocycles. The Morgan fingerprint density at radius 1 is 0.926 bits per heavy atom. The van der Waals surface area contributed by atoms with Gasteiger partial charge in [-0.3, -0.25) is 10.2 Å². The van der Waals surface area contributed by atoms with Gasteiger partial charge >= 0.3 is 0 Å². The summed E-state index contributed by atoms with van der Waals surface area (Å²) in [5.41, 5.74) is 5.15. The van der Waals surface area contributed by atoms with E-state index in [0.717, 1.165) is 18.5 Å². The molecule has 0 bridgehead atoms. The van der Waals surface area contributed by atoms with E-state index in [1.54, 1.807) is 0 Å². The van der Waals surface area contributed by atoms with Crippen LogP contribution in [-0.4, -0.2) is 20.4 Å². The van der Waals surface area contributed by atoms with Gasteiger partial charge in [-0.2, -0.15) is 10.2 Å². The highest BCUT2D eigenvalue weighted by Crippen LogP contribution is 2.34. The van der Waals surface area contributed by atoms with Crippen LogP contribution in [0.2, 0.25) is 0 Å². The Hall–Kier alpha value is -1.88. The molecule has 3 aromatic heterocycles. The van der Waals surface area contributed by atoms with Gasteiger partial charge in [-0.1, -0.05) is 48.5 Å². The average Bonchev–Trinajstić information content (AvgIpc) is 3.27. The lowest BCUT2D eigenvalue weighted by atomic mass is 9.81. The molecular weight excluding hydrogens is 352 g/mol. The summed E-state index contributed by atoms with van der Waals surface area (Å²) in [6, 6.07) is 4.60. The Kier molecular flexibility index (Phi) is 5.10. The summed E-state index contributed by atoms with van der Waals surface area (Å²) in [6.45, 7) is 15.9. The van der Waals surface area contributed by atoms with Gasteiger partial charge in [-0.05, 0) is 52.3 Å². The van der Waals surface area contributed by atoms with Crippen LogP contribution in [0, 0.1) is 0 Å². The van der Waals surface area contributed by atoms with E-state index in [1.165, 1.54) is 21.7 Å². The molecule has 0 amide bonds. The maximum absolute atomic E-state index is 4.66. The number of aromatic amines is 2. The molecule has 0 aliphatic carbocycles. The van der Waals surface area contributed by atoms with Crippen molar-refractivity contribution in [2.24, 2.45) is 0 Å². The minimum absolute atomic E-state index is 0.00542. The lowest BCUT2D eigenvalue weighted by molar-refractivity contribution is 0.507. The van der Waals surface area contributed by atoms with Crippen molar-refractivity contribution in [1.29, 1.82) is 0 Å². The first-order valence-electron chi connectivity index (χ1n) is 9.59. The predicted octanol–water partition coefficient (Wildman–Crippen LogP) is 5.53. The van der Waals surface area contributed by atoms with Crippen molar-refractivity contribution in [2.45, 2.75) is 77.6 Å². The van der Waals surface area contributed by atoms with Crippen LogP contribution in [-0.2, 0) is 29.1 Å². The van der Waals surface area contributed by atoms with E-state index in [4.69, 9.17) is 0 Å². The zero-order chi connectivity index (χ0) is 19.9. The predicted molar refractivity (Wildman–Crippen MR) is 114 cm³/mol. The smallest absolute Gasteiger partial charge is 0.0684 e. The Bertz CT molecular complexity index is 876. The van der Waals surface area contributed by atoms with Crippen LogP contribution in [0.25, 0.3) is 0 Å². The number of thiophene rings is 1. The van der Waals surface area contributed by atoms with Crippen LogP contribution >= 0.6 is 11.3 Å². The monoisotopic (exact) mass is 384 g/mol. The second-order valence-electron chi connectivity index (χ2n) is 9.94. The maximum Gasteiger partial charge on any atom is 0.0684 e. The molecule has 0 unspecified atom stereocenters. The fourth-order valence-corrected chi connectivity index (χ4v) is 4.73. The minimum atomic E-state index is -0.00542. The van der Waals surface area contributed by atoms with Gasteiger partial charge in [0.15, 0.2) is 0 Å². The second kappa shape index (κ2) is 6.93. The summed E-state index contributed by atoms with van der Waals surface area (Å²) in [7, 11) is 0. The van der Waals surface area contributed by atoms with Gasteiger partial charge in [-0.15, -0.1) is 11.3 Å². The first kappa shape index (κ1) is 19.9. The highest BCUT2D eigenvalue weighted by Gasteiger charge is 2.28. The second-order valence-corrected chi connectivity index (χ2v) is 10.9. The zero-order valence-corrected chi connectivity index (χ0v) is 18.4. The van der Waals surface area contributed by atoms with Gasteiger partial charge in [0, 0.05) is 22.2 Å². The molecule has 27 heavy (non-hydrogen) atoms. The van der Waals surface area contributed by atoms with Crippen LogP contribution in [0.5, 0.6) is 0 Å². The molecule has 0 saturated carbocycles. The lowest BCUT2D eigenvalue weighted by Gasteiger charge is -2.23. The SMILES string of the molecule is CC(C)(C)c1csc(CC(C)(C)c2cc(CC(C)(C)c3cn[nH]c3)[nH]n2)c1. The van der Waals surface area contributed by atoms with Crippen LogP contribution in [0.1, 0.15) is 75.9 Å². The van der Waals surface area contributed by atoms with Crippen molar-refractivity contribution < 1.29 is 0 Å². The van der Waals surface area contributed by atoms with Crippen molar-refractivity contribution in [3.8, 4) is 0 Å². The van der Waals surface area contributed by atoms with E-state index in [2.05, 4.69) is 86.4 Å². The van der Waals surface area contributed by atoms with E-state index in [-0.39, 0.29) is 16.2 Å². The zero-order valence-electron chi connectivity index (χ0n) is 17.6. The topological polar surface area (TPSA) is 57.4 Å². The number of hydrogen-bond donors (Lipinski definition) is 2. The van der Waals surface area contributed by atoms with E-state index in [9.17, 15) is 0 Å². The number of rotatable bonds is 6. The van der Waals surface area contributed by atoms with E-state index < -0.39 is 0 Å². The lowest BCUT2D eigenvalue weighted by Crippen LogP contribution is -2.21. The standard InChI is InChI=1S/C22H32N4S/c1-20(2,3)15-8-18(27-14-15)11-22(6,7)19-9-17(25-26-19)10-21(4,5)16-12-23-24-13-16/h8-9,12-14H,10-11H2,1-7H3,(H,23,24)(H,25,26). The van der Waals surface area contributed by atoms with E-state index in [1.807, 2.05) is 23.7 Å². The Morgan fingerprint density at radius 2 is 1.67 bits per heavy atom. The van der Waals surface area contributed by atoms with Gasteiger partial charge in [-0.25, -0.2) is 0 Å². The Labute approximate surface area is 166 Å². The summed E-state index contributed by atoms with van der Waals surface area (Å²) in [4.78, 5) is 1.42. The van der Waals surface area contributed by atoms with Crippen molar-refractivity contribution in [1.82, 2.24) is 20.4 Å². The van der Waals surface area contributed by atoms with Crippen molar-refractivity contribution in [3.05, 3.63) is 57.3 Å². The molecule has 5 heteroatoms.